The van der Waals surface area contributed by atoms with Crippen LogP contribution in [-0.4, -0.2) is 37.5 Å². The molecule has 0 saturated carbocycles. The van der Waals surface area contributed by atoms with Gasteiger partial charge in [0.05, 0.1) is 0 Å². The van der Waals surface area contributed by atoms with Gasteiger partial charge in [0.1, 0.15) is 0 Å². The number of hydrogen-bond acceptors (Lipinski definition) is 6. The number of ketones is 2. The van der Waals surface area contributed by atoms with Gasteiger partial charge < -0.3 is 0 Å². The van der Waals surface area contributed by atoms with E-state index in [1.165, 1.54) is 13.8 Å². The summed E-state index contributed by atoms with van der Waals surface area (Å²) in [4.78, 5) is 24.8. The van der Waals surface area contributed by atoms with Crippen molar-refractivity contribution in [2.45, 2.75) is 84.4 Å². The molecule has 2 N–H and O–H groups in total. The van der Waals surface area contributed by atoms with Crippen LogP contribution in [0.2, 0.25) is 0 Å². The zero-order chi connectivity index (χ0) is 19.5. The standard InChI is InChI=1S/C11H19O4.2C3H7O.Zr/c1-10(2,3)7(12)6-8(13)11(4,5)9(14)15;2*1-3(2)4;/h14-15H,6H2,1-5H3;2*3H,1-2H3;/q;2*-1;+2. The van der Waals surface area contributed by atoms with E-state index in [0.717, 1.165) is 0 Å². The summed E-state index contributed by atoms with van der Waals surface area (Å²) >= 11 is -3.73. The van der Waals surface area contributed by atoms with Gasteiger partial charge in [-0.1, -0.05) is 0 Å². The van der Waals surface area contributed by atoms with Gasteiger partial charge in [0.15, 0.2) is 0 Å². The molecule has 0 aliphatic carbocycles. The molecular weight excluding hydrogens is 391 g/mol. The summed E-state index contributed by atoms with van der Waals surface area (Å²) in [6.45, 7) is 15.1. The second-order valence-corrected chi connectivity index (χ2v) is 12.5. The summed E-state index contributed by atoms with van der Waals surface area (Å²) in [5, 5.41) is 21.5. The van der Waals surface area contributed by atoms with E-state index in [2.05, 4.69) is 0 Å². The van der Waals surface area contributed by atoms with Gasteiger partial charge in [0.2, 0.25) is 0 Å². The third-order valence-corrected chi connectivity index (χ3v) is 10.0. The summed E-state index contributed by atoms with van der Waals surface area (Å²) in [5.74, 6) is -0.763. The predicted molar refractivity (Wildman–Crippen MR) is 87.5 cm³/mol. The maximum absolute atomic E-state index is 12.6. The van der Waals surface area contributed by atoms with E-state index >= 15 is 0 Å². The molecule has 0 bridgehead atoms. The van der Waals surface area contributed by atoms with Gasteiger partial charge in [0, 0.05) is 0 Å². The number of carbonyl (C=O) groups excluding carboxylic acids is 2. The first-order valence-electron chi connectivity index (χ1n) is 8.25. The van der Waals surface area contributed by atoms with Gasteiger partial charge >= 0.3 is 155 Å². The average molecular weight is 425 g/mol. The molecule has 0 heterocycles. The molecule has 0 aromatic carbocycles. The molecule has 0 rings (SSSR count). The quantitative estimate of drug-likeness (QED) is 0.436. The van der Waals surface area contributed by atoms with Crippen LogP contribution in [0.3, 0.4) is 0 Å². The van der Waals surface area contributed by atoms with E-state index in [1.54, 1.807) is 48.5 Å². The Morgan fingerprint density at radius 1 is 0.875 bits per heavy atom. The summed E-state index contributed by atoms with van der Waals surface area (Å²) in [6, 6.07) is 0. The fourth-order valence-corrected chi connectivity index (χ4v) is 6.35. The fraction of sp³-hybridized carbons (Fsp3) is 0.882. The molecule has 0 saturated heterocycles. The molecule has 0 radical (unpaired) electrons. The Balaban J connectivity index is 5.50. The predicted octanol–water partition coefficient (Wildman–Crippen LogP) is 2.52. The van der Waals surface area contributed by atoms with Crippen molar-refractivity contribution in [1.82, 2.24) is 0 Å². The maximum atomic E-state index is 12.6. The topological polar surface area (TPSA) is 93.1 Å². The SMILES string of the molecule is CC(C)[O][Zr]([O]C(C)C)[C](O)(O)C(C)(C)C(=O)CC(=O)C(C)(C)C. The van der Waals surface area contributed by atoms with Gasteiger partial charge in [-0.2, -0.15) is 0 Å². The number of aliphatic hydroxyl groups is 2. The number of Topliss-reactive ketones (excluding diaryl/α,β-unsaturated/α-hetero) is 2. The van der Waals surface area contributed by atoms with E-state index in [0.29, 0.717) is 0 Å². The molecule has 0 fully saturated rings. The molecular formula is C17H33O6Zr. The summed E-state index contributed by atoms with van der Waals surface area (Å²) in [7, 11) is 0. The second kappa shape index (κ2) is 8.63. The van der Waals surface area contributed by atoms with Crippen LogP contribution < -0.4 is 0 Å². The first-order valence-corrected chi connectivity index (χ1v) is 11.5. The number of rotatable bonds is 9. The van der Waals surface area contributed by atoms with Gasteiger partial charge in [-0.25, -0.2) is 0 Å². The Kier molecular flexibility index (Phi) is 8.65. The summed E-state index contributed by atoms with van der Waals surface area (Å²) in [6.07, 6.45) is -0.850. The minimum atomic E-state index is -3.73. The molecule has 0 atom stereocenters. The molecule has 0 spiro atoms. The van der Waals surface area contributed by atoms with Crippen LogP contribution in [0.15, 0.2) is 0 Å². The molecule has 0 amide bonds. The van der Waals surface area contributed by atoms with Crippen molar-refractivity contribution in [3.63, 3.8) is 0 Å². The van der Waals surface area contributed by atoms with E-state index in [-0.39, 0.29) is 24.4 Å². The fourth-order valence-electron chi connectivity index (χ4n) is 1.70. The van der Waals surface area contributed by atoms with Crippen LogP contribution in [0.4, 0.5) is 0 Å². The second-order valence-electron chi connectivity index (χ2n) is 8.19. The van der Waals surface area contributed by atoms with Crippen LogP contribution in [0, 0.1) is 10.8 Å². The Bertz CT molecular complexity index is 438. The van der Waals surface area contributed by atoms with Crippen molar-refractivity contribution in [2.75, 3.05) is 0 Å². The average Bonchev–Trinajstić information content (AvgIpc) is 2.35. The minimum absolute atomic E-state index is 0.240. The molecule has 24 heavy (non-hydrogen) atoms. The molecule has 0 aliphatic rings. The van der Waals surface area contributed by atoms with Crippen molar-refractivity contribution in [1.29, 1.82) is 0 Å². The van der Waals surface area contributed by atoms with Crippen molar-refractivity contribution >= 4 is 11.6 Å². The molecule has 141 valence electrons. The third kappa shape index (κ3) is 6.41. The molecule has 7 heteroatoms. The van der Waals surface area contributed by atoms with Crippen molar-refractivity contribution in [2.24, 2.45) is 10.8 Å². The van der Waals surface area contributed by atoms with E-state index in [9.17, 15) is 19.8 Å². The zero-order valence-electron chi connectivity index (χ0n) is 16.4. The third-order valence-electron chi connectivity index (χ3n) is 3.70. The number of hydrogen-bond donors (Lipinski definition) is 2. The van der Waals surface area contributed by atoms with Gasteiger partial charge in [-0.15, -0.1) is 0 Å². The van der Waals surface area contributed by atoms with Crippen molar-refractivity contribution in [3.8, 4) is 0 Å². The van der Waals surface area contributed by atoms with Crippen LogP contribution >= 0.6 is 0 Å². The van der Waals surface area contributed by atoms with Crippen LogP contribution in [0.5, 0.6) is 0 Å². The first-order chi connectivity index (χ1) is 10.5. The molecule has 0 unspecified atom stereocenters. The molecule has 0 aromatic rings. The van der Waals surface area contributed by atoms with Crippen molar-refractivity contribution in [3.05, 3.63) is 0 Å². The normalized spacial score (nSPS) is 13.5. The Labute approximate surface area is 154 Å². The summed E-state index contributed by atoms with van der Waals surface area (Å²) < 4.78 is 8.95. The van der Waals surface area contributed by atoms with Gasteiger partial charge in [-0.3, -0.25) is 0 Å². The monoisotopic (exact) mass is 423 g/mol. The molecule has 6 nitrogen and oxygen atoms in total. The van der Waals surface area contributed by atoms with E-state index in [4.69, 9.17) is 5.63 Å². The Morgan fingerprint density at radius 2 is 1.25 bits per heavy atom. The van der Waals surface area contributed by atoms with Crippen molar-refractivity contribution < 1.29 is 48.1 Å². The molecule has 0 aromatic heterocycles. The van der Waals surface area contributed by atoms with Crippen LogP contribution in [-0.2, 0) is 37.8 Å². The summed E-state index contributed by atoms with van der Waals surface area (Å²) in [5.41, 5.74) is -2.23. The van der Waals surface area contributed by atoms with Crippen LogP contribution in [0.1, 0.15) is 68.7 Å². The Hall–Kier alpha value is 0.0631. The Morgan fingerprint density at radius 3 is 1.54 bits per heavy atom. The molecule has 0 aliphatic heterocycles. The first kappa shape index (κ1) is 24.1. The van der Waals surface area contributed by atoms with E-state index < -0.39 is 42.7 Å². The van der Waals surface area contributed by atoms with E-state index in [1.807, 2.05) is 0 Å². The van der Waals surface area contributed by atoms with Gasteiger partial charge in [-0.05, 0) is 0 Å². The number of carbonyl (C=O) groups is 2. The van der Waals surface area contributed by atoms with Gasteiger partial charge in [0.25, 0.3) is 0 Å². The zero-order valence-corrected chi connectivity index (χ0v) is 18.8. The van der Waals surface area contributed by atoms with Crippen LogP contribution in [0.25, 0.3) is 0 Å².